The lowest BCUT2D eigenvalue weighted by Crippen LogP contribution is -2.36. The lowest BCUT2D eigenvalue weighted by atomic mass is 9.95. The monoisotopic (exact) mass is 352 g/mol. The second kappa shape index (κ2) is 6.90. The van der Waals surface area contributed by atoms with Crippen LogP contribution < -0.4 is 5.32 Å². The van der Waals surface area contributed by atoms with E-state index in [1.807, 2.05) is 23.9 Å². The van der Waals surface area contributed by atoms with Crippen molar-refractivity contribution in [2.75, 3.05) is 0 Å². The summed E-state index contributed by atoms with van der Waals surface area (Å²) in [5, 5.41) is 12.1. The number of nitrogens with zero attached hydrogens (tertiary/aromatic N) is 5. The molecule has 7 heteroatoms. The van der Waals surface area contributed by atoms with Crippen molar-refractivity contribution < 1.29 is 4.79 Å². The Labute approximate surface area is 152 Å². The van der Waals surface area contributed by atoms with Crippen molar-refractivity contribution in [1.29, 1.82) is 0 Å². The van der Waals surface area contributed by atoms with Crippen LogP contribution in [0.4, 0.5) is 0 Å². The predicted octanol–water partition coefficient (Wildman–Crippen LogP) is 2.98. The Bertz CT molecular complexity index is 935. The Morgan fingerprint density at radius 1 is 1.31 bits per heavy atom. The summed E-state index contributed by atoms with van der Waals surface area (Å²) < 4.78 is 3.68. The molecule has 0 spiro atoms. The first-order valence-electron chi connectivity index (χ1n) is 9.36. The standard InChI is InChI=1S/C19H24N6O/c1-3-24-13(2)15(12-21-24)17-9-10-20-18-11-16(23-25(17)18)19(26)22-14-7-5-4-6-8-14/h9-12,14H,3-8H2,1-2H3,(H,22,26). The smallest absolute Gasteiger partial charge is 0.272 e. The van der Waals surface area contributed by atoms with Crippen LogP contribution >= 0.6 is 0 Å². The first kappa shape index (κ1) is 16.8. The van der Waals surface area contributed by atoms with Crippen LogP contribution in [0.15, 0.2) is 24.5 Å². The first-order valence-corrected chi connectivity index (χ1v) is 9.36. The Kier molecular flexibility index (Phi) is 4.44. The second-order valence-electron chi connectivity index (χ2n) is 6.90. The number of rotatable bonds is 4. The number of carbonyl (C=O) groups excluding carboxylic acids is 1. The zero-order valence-corrected chi connectivity index (χ0v) is 15.3. The lowest BCUT2D eigenvalue weighted by molar-refractivity contribution is 0.0922. The highest BCUT2D eigenvalue weighted by Crippen LogP contribution is 2.24. The van der Waals surface area contributed by atoms with Gasteiger partial charge in [0.2, 0.25) is 0 Å². The van der Waals surface area contributed by atoms with Gasteiger partial charge in [0.15, 0.2) is 11.3 Å². The largest absolute Gasteiger partial charge is 0.348 e. The van der Waals surface area contributed by atoms with E-state index in [1.54, 1.807) is 16.8 Å². The summed E-state index contributed by atoms with van der Waals surface area (Å²) in [5.41, 5.74) is 4.05. The van der Waals surface area contributed by atoms with Gasteiger partial charge in [-0.3, -0.25) is 9.48 Å². The summed E-state index contributed by atoms with van der Waals surface area (Å²) in [5.74, 6) is -0.116. The second-order valence-corrected chi connectivity index (χ2v) is 6.90. The summed E-state index contributed by atoms with van der Waals surface area (Å²) in [6, 6.07) is 3.92. The molecule has 0 radical (unpaired) electrons. The topological polar surface area (TPSA) is 77.1 Å². The van der Waals surface area contributed by atoms with Crippen molar-refractivity contribution in [2.45, 2.75) is 58.5 Å². The van der Waals surface area contributed by atoms with E-state index in [2.05, 4.69) is 27.4 Å². The van der Waals surface area contributed by atoms with Crippen LogP contribution in [0, 0.1) is 6.92 Å². The van der Waals surface area contributed by atoms with E-state index in [-0.39, 0.29) is 11.9 Å². The molecule has 1 fully saturated rings. The van der Waals surface area contributed by atoms with Gasteiger partial charge in [-0.05, 0) is 32.8 Å². The van der Waals surface area contributed by atoms with Gasteiger partial charge in [-0.15, -0.1) is 0 Å². The molecule has 1 saturated carbocycles. The van der Waals surface area contributed by atoms with Gasteiger partial charge in [-0.2, -0.15) is 10.2 Å². The van der Waals surface area contributed by atoms with Gasteiger partial charge in [0.1, 0.15) is 0 Å². The molecular formula is C19H24N6O. The molecule has 0 bridgehead atoms. The van der Waals surface area contributed by atoms with Crippen molar-refractivity contribution in [1.82, 2.24) is 29.7 Å². The molecule has 4 rings (SSSR count). The molecule has 3 aromatic rings. The van der Waals surface area contributed by atoms with Gasteiger partial charge in [-0.1, -0.05) is 19.3 Å². The highest BCUT2D eigenvalue weighted by molar-refractivity contribution is 5.93. The fraction of sp³-hybridized carbons (Fsp3) is 0.474. The predicted molar refractivity (Wildman–Crippen MR) is 99.0 cm³/mol. The first-order chi connectivity index (χ1) is 12.7. The van der Waals surface area contributed by atoms with E-state index in [0.717, 1.165) is 36.3 Å². The third-order valence-corrected chi connectivity index (χ3v) is 5.21. The van der Waals surface area contributed by atoms with Gasteiger partial charge in [0.05, 0.1) is 11.9 Å². The maximum absolute atomic E-state index is 12.6. The number of aryl methyl sites for hydroxylation is 1. The Morgan fingerprint density at radius 2 is 2.12 bits per heavy atom. The van der Waals surface area contributed by atoms with Crippen LogP contribution in [0.1, 0.15) is 55.2 Å². The van der Waals surface area contributed by atoms with Crippen LogP contribution in [0.25, 0.3) is 16.9 Å². The maximum atomic E-state index is 12.6. The Morgan fingerprint density at radius 3 is 2.85 bits per heavy atom. The van der Waals surface area contributed by atoms with Gasteiger partial charge >= 0.3 is 0 Å². The minimum atomic E-state index is -0.116. The number of hydrogen-bond donors (Lipinski definition) is 1. The minimum Gasteiger partial charge on any atom is -0.348 e. The fourth-order valence-electron chi connectivity index (χ4n) is 3.73. The van der Waals surface area contributed by atoms with Gasteiger partial charge < -0.3 is 5.32 Å². The molecule has 1 N–H and O–H groups in total. The molecule has 26 heavy (non-hydrogen) atoms. The van der Waals surface area contributed by atoms with Crippen LogP contribution in [0.3, 0.4) is 0 Å². The molecule has 0 saturated heterocycles. The van der Waals surface area contributed by atoms with E-state index in [0.29, 0.717) is 11.3 Å². The molecular weight excluding hydrogens is 328 g/mol. The molecule has 1 aliphatic rings. The van der Waals surface area contributed by atoms with Gasteiger partial charge in [0.25, 0.3) is 5.91 Å². The average Bonchev–Trinajstić information content (AvgIpc) is 3.26. The average molecular weight is 352 g/mol. The number of aromatic nitrogens is 5. The van der Waals surface area contributed by atoms with Crippen LogP contribution in [-0.2, 0) is 6.54 Å². The molecule has 1 aliphatic carbocycles. The van der Waals surface area contributed by atoms with Gasteiger partial charge in [-0.25, -0.2) is 9.50 Å². The molecule has 3 aromatic heterocycles. The number of fused-ring (bicyclic) bond motifs is 1. The number of amides is 1. The molecule has 0 aliphatic heterocycles. The quantitative estimate of drug-likeness (QED) is 0.783. The summed E-state index contributed by atoms with van der Waals surface area (Å²) in [4.78, 5) is 17.0. The number of nitrogens with one attached hydrogen (secondary N) is 1. The summed E-state index contributed by atoms with van der Waals surface area (Å²) in [6.07, 6.45) is 9.33. The molecule has 136 valence electrons. The van der Waals surface area contributed by atoms with Crippen molar-refractivity contribution >= 4 is 11.6 Å². The van der Waals surface area contributed by atoms with E-state index >= 15 is 0 Å². The Balaban J connectivity index is 1.66. The zero-order valence-electron chi connectivity index (χ0n) is 15.3. The van der Waals surface area contributed by atoms with Crippen molar-refractivity contribution in [2.24, 2.45) is 0 Å². The summed E-state index contributed by atoms with van der Waals surface area (Å²) in [6.45, 7) is 4.92. The van der Waals surface area contributed by atoms with Crippen LogP contribution in [0.5, 0.6) is 0 Å². The summed E-state index contributed by atoms with van der Waals surface area (Å²) in [7, 11) is 0. The van der Waals surface area contributed by atoms with Gasteiger partial charge in [0, 0.05) is 36.1 Å². The van der Waals surface area contributed by atoms with Crippen LogP contribution in [-0.4, -0.2) is 36.3 Å². The highest BCUT2D eigenvalue weighted by Gasteiger charge is 2.20. The summed E-state index contributed by atoms with van der Waals surface area (Å²) >= 11 is 0. The fourth-order valence-corrected chi connectivity index (χ4v) is 3.73. The third-order valence-electron chi connectivity index (χ3n) is 5.21. The third kappa shape index (κ3) is 2.98. The lowest BCUT2D eigenvalue weighted by Gasteiger charge is -2.22. The molecule has 0 unspecified atom stereocenters. The van der Waals surface area contributed by atoms with Crippen LogP contribution in [0.2, 0.25) is 0 Å². The molecule has 1 amide bonds. The maximum Gasteiger partial charge on any atom is 0.272 e. The zero-order chi connectivity index (χ0) is 18.1. The highest BCUT2D eigenvalue weighted by atomic mass is 16.2. The molecule has 0 atom stereocenters. The van der Waals surface area contributed by atoms with Crippen molar-refractivity contribution in [3.63, 3.8) is 0 Å². The van der Waals surface area contributed by atoms with E-state index in [1.165, 1.54) is 19.3 Å². The van der Waals surface area contributed by atoms with Crippen molar-refractivity contribution in [3.8, 4) is 11.3 Å². The van der Waals surface area contributed by atoms with E-state index in [4.69, 9.17) is 0 Å². The molecule has 3 heterocycles. The van der Waals surface area contributed by atoms with Crippen molar-refractivity contribution in [3.05, 3.63) is 35.9 Å². The normalized spacial score (nSPS) is 15.5. The van der Waals surface area contributed by atoms with E-state index in [9.17, 15) is 4.79 Å². The molecule has 7 nitrogen and oxygen atoms in total. The minimum absolute atomic E-state index is 0.116. The molecule has 0 aromatic carbocycles. The van der Waals surface area contributed by atoms with E-state index < -0.39 is 0 Å². The number of carbonyl (C=O) groups is 1. The Hall–Kier alpha value is -2.70. The SMILES string of the molecule is CCn1ncc(-c2ccnc3cc(C(=O)NC4CCCCC4)nn23)c1C. The number of hydrogen-bond acceptors (Lipinski definition) is 4.